The molecule has 2 aliphatic heterocycles. The van der Waals surface area contributed by atoms with Gasteiger partial charge in [0.15, 0.2) is 0 Å². The SMILES string of the molecule is Cc1cc(OCCCC(=O)N(CCO)C2CCCC2)cc2c1CN1C(=N2)NC(=O)C1CO. The molecule has 1 saturated carbocycles. The van der Waals surface area contributed by atoms with E-state index in [1.807, 2.05) is 24.0 Å². The Morgan fingerprint density at radius 1 is 1.31 bits per heavy atom. The van der Waals surface area contributed by atoms with Crippen LogP contribution in [0.2, 0.25) is 0 Å². The maximum atomic E-state index is 12.6. The van der Waals surface area contributed by atoms with Crippen LogP contribution in [0.25, 0.3) is 0 Å². The molecular formula is C23H32N4O5. The molecule has 174 valence electrons. The molecule has 0 bridgehead atoms. The molecule has 0 radical (unpaired) electrons. The number of amides is 2. The number of hydrogen-bond donors (Lipinski definition) is 3. The lowest BCUT2D eigenvalue weighted by Gasteiger charge is -2.28. The highest BCUT2D eigenvalue weighted by molar-refractivity contribution is 6.07. The summed E-state index contributed by atoms with van der Waals surface area (Å²) in [7, 11) is 0. The van der Waals surface area contributed by atoms with Gasteiger partial charge in [-0.15, -0.1) is 0 Å². The zero-order valence-electron chi connectivity index (χ0n) is 18.5. The molecule has 0 aromatic heterocycles. The van der Waals surface area contributed by atoms with Crippen LogP contribution in [0.4, 0.5) is 5.69 Å². The standard InChI is InChI=1S/C23H32N4O5/c1-15-11-17(12-19-18(15)13-27-20(14-29)22(31)25-23(27)24-19)32-10-4-7-21(30)26(8-9-28)16-5-2-3-6-16/h11-12,16,20,28-29H,2-10,13-14H2,1H3,(H,24,25,31). The maximum absolute atomic E-state index is 12.6. The monoisotopic (exact) mass is 444 g/mol. The van der Waals surface area contributed by atoms with E-state index in [1.54, 1.807) is 4.90 Å². The number of rotatable bonds is 9. The van der Waals surface area contributed by atoms with Crippen LogP contribution in [0.15, 0.2) is 17.1 Å². The van der Waals surface area contributed by atoms with Crippen LogP contribution >= 0.6 is 0 Å². The van der Waals surface area contributed by atoms with E-state index in [0.717, 1.165) is 42.5 Å². The summed E-state index contributed by atoms with van der Waals surface area (Å²) in [6.45, 7) is 3.03. The third kappa shape index (κ3) is 4.59. The van der Waals surface area contributed by atoms with Crippen LogP contribution in [0.1, 0.15) is 49.7 Å². The average Bonchev–Trinajstić information content (AvgIpc) is 3.40. The molecule has 2 fully saturated rings. The lowest BCUT2D eigenvalue weighted by Crippen LogP contribution is -2.40. The number of ether oxygens (including phenoxy) is 1. The number of guanidine groups is 1. The molecule has 1 aliphatic carbocycles. The van der Waals surface area contributed by atoms with E-state index in [-0.39, 0.29) is 31.1 Å². The zero-order valence-corrected chi connectivity index (χ0v) is 18.5. The smallest absolute Gasteiger partial charge is 0.251 e. The summed E-state index contributed by atoms with van der Waals surface area (Å²) in [5.41, 5.74) is 2.75. The van der Waals surface area contributed by atoms with Crippen LogP contribution in [-0.2, 0) is 16.1 Å². The van der Waals surface area contributed by atoms with E-state index in [4.69, 9.17) is 4.74 Å². The Bertz CT molecular complexity index is 897. The summed E-state index contributed by atoms with van der Waals surface area (Å²) < 4.78 is 5.91. The lowest BCUT2D eigenvalue weighted by molar-refractivity contribution is -0.134. The van der Waals surface area contributed by atoms with E-state index in [1.165, 1.54) is 0 Å². The summed E-state index contributed by atoms with van der Waals surface area (Å²) in [6, 6.07) is 3.45. The van der Waals surface area contributed by atoms with Crippen molar-refractivity contribution in [3.63, 3.8) is 0 Å². The van der Waals surface area contributed by atoms with E-state index < -0.39 is 6.04 Å². The Hall–Kier alpha value is -2.65. The molecule has 9 heteroatoms. The Morgan fingerprint density at radius 2 is 2.09 bits per heavy atom. The second kappa shape index (κ2) is 9.87. The van der Waals surface area contributed by atoms with Crippen LogP contribution in [-0.4, -0.2) is 76.2 Å². The number of nitrogens with zero attached hydrogens (tertiary/aromatic N) is 3. The summed E-state index contributed by atoms with van der Waals surface area (Å²) in [5, 5.41) is 21.5. The van der Waals surface area contributed by atoms with Gasteiger partial charge in [0.2, 0.25) is 11.9 Å². The van der Waals surface area contributed by atoms with Gasteiger partial charge >= 0.3 is 0 Å². The van der Waals surface area contributed by atoms with Crippen LogP contribution < -0.4 is 10.1 Å². The normalized spacial score (nSPS) is 20.0. The molecule has 1 saturated heterocycles. The predicted molar refractivity (Wildman–Crippen MR) is 119 cm³/mol. The molecule has 9 nitrogen and oxygen atoms in total. The van der Waals surface area contributed by atoms with Crippen molar-refractivity contribution in [2.75, 3.05) is 26.4 Å². The van der Waals surface area contributed by atoms with Crippen molar-refractivity contribution in [1.82, 2.24) is 15.1 Å². The van der Waals surface area contributed by atoms with Gasteiger partial charge < -0.3 is 24.7 Å². The number of benzene rings is 1. The van der Waals surface area contributed by atoms with Crippen LogP contribution in [0.3, 0.4) is 0 Å². The largest absolute Gasteiger partial charge is 0.493 e. The quantitative estimate of drug-likeness (QED) is 0.493. The number of aliphatic imine (C=N–C) groups is 1. The number of nitrogens with one attached hydrogen (secondary N) is 1. The van der Waals surface area contributed by atoms with Crippen LogP contribution in [0.5, 0.6) is 5.75 Å². The number of hydrogen-bond acceptors (Lipinski definition) is 7. The minimum atomic E-state index is -0.607. The highest BCUT2D eigenvalue weighted by Crippen LogP contribution is 2.35. The summed E-state index contributed by atoms with van der Waals surface area (Å²) in [4.78, 5) is 32.8. The first kappa shape index (κ1) is 22.5. The molecule has 2 amide bonds. The number of aliphatic hydroxyl groups excluding tert-OH is 2. The zero-order chi connectivity index (χ0) is 22.7. The third-order valence-corrected chi connectivity index (χ3v) is 6.57. The molecule has 3 aliphatic rings. The van der Waals surface area contributed by atoms with E-state index in [9.17, 15) is 19.8 Å². The molecule has 0 spiro atoms. The van der Waals surface area contributed by atoms with Crippen molar-refractivity contribution >= 4 is 23.5 Å². The van der Waals surface area contributed by atoms with Gasteiger partial charge in [0, 0.05) is 37.2 Å². The Balaban J connectivity index is 1.34. The van der Waals surface area contributed by atoms with Crippen molar-refractivity contribution < 1.29 is 24.5 Å². The molecule has 2 heterocycles. The van der Waals surface area contributed by atoms with Crippen molar-refractivity contribution in [1.29, 1.82) is 0 Å². The minimum absolute atomic E-state index is 0.00736. The number of aliphatic hydroxyl groups is 2. The van der Waals surface area contributed by atoms with E-state index in [2.05, 4.69) is 10.3 Å². The van der Waals surface area contributed by atoms with E-state index in [0.29, 0.717) is 44.2 Å². The second-order valence-corrected chi connectivity index (χ2v) is 8.69. The fourth-order valence-electron chi connectivity index (χ4n) is 4.84. The summed E-state index contributed by atoms with van der Waals surface area (Å²) in [6.07, 6.45) is 5.33. The van der Waals surface area contributed by atoms with Gasteiger partial charge in [0.1, 0.15) is 11.8 Å². The fourth-order valence-corrected chi connectivity index (χ4v) is 4.84. The van der Waals surface area contributed by atoms with Gasteiger partial charge in [-0.1, -0.05) is 12.8 Å². The Morgan fingerprint density at radius 3 is 2.81 bits per heavy atom. The maximum Gasteiger partial charge on any atom is 0.251 e. The molecule has 32 heavy (non-hydrogen) atoms. The molecular weight excluding hydrogens is 412 g/mol. The first-order valence-corrected chi connectivity index (χ1v) is 11.5. The third-order valence-electron chi connectivity index (χ3n) is 6.57. The average molecular weight is 445 g/mol. The predicted octanol–water partition coefficient (Wildman–Crippen LogP) is 1.21. The molecule has 1 aromatic rings. The van der Waals surface area contributed by atoms with Gasteiger partial charge in [-0.05, 0) is 37.8 Å². The first-order valence-electron chi connectivity index (χ1n) is 11.5. The van der Waals surface area contributed by atoms with Crippen LogP contribution in [0, 0.1) is 6.92 Å². The van der Waals surface area contributed by atoms with Crippen molar-refractivity contribution in [2.24, 2.45) is 4.99 Å². The minimum Gasteiger partial charge on any atom is -0.493 e. The van der Waals surface area contributed by atoms with Crippen molar-refractivity contribution in [3.8, 4) is 5.75 Å². The van der Waals surface area contributed by atoms with Gasteiger partial charge in [-0.2, -0.15) is 0 Å². The topological polar surface area (TPSA) is 115 Å². The molecule has 1 unspecified atom stereocenters. The van der Waals surface area contributed by atoms with E-state index >= 15 is 0 Å². The van der Waals surface area contributed by atoms with Crippen molar-refractivity contribution in [2.45, 2.75) is 64.1 Å². The number of carbonyl (C=O) groups is 2. The number of aryl methyl sites for hydroxylation is 1. The molecule has 1 aromatic carbocycles. The summed E-state index contributed by atoms with van der Waals surface area (Å²) in [5.74, 6) is 0.973. The fraction of sp³-hybridized carbons (Fsp3) is 0.609. The second-order valence-electron chi connectivity index (χ2n) is 8.69. The Labute approximate surface area is 188 Å². The summed E-state index contributed by atoms with van der Waals surface area (Å²) >= 11 is 0. The van der Waals surface area contributed by atoms with Gasteiger partial charge in [0.05, 0.1) is 25.5 Å². The molecule has 3 N–H and O–H groups in total. The number of carbonyl (C=O) groups excluding carboxylic acids is 2. The number of fused-ring (bicyclic) bond motifs is 2. The lowest BCUT2D eigenvalue weighted by atomic mass is 10.0. The van der Waals surface area contributed by atoms with Gasteiger partial charge in [-0.3, -0.25) is 14.9 Å². The molecule has 4 rings (SSSR count). The highest BCUT2D eigenvalue weighted by atomic mass is 16.5. The highest BCUT2D eigenvalue weighted by Gasteiger charge is 2.39. The Kier molecular flexibility index (Phi) is 6.95. The molecule has 1 atom stereocenters. The van der Waals surface area contributed by atoms with Crippen molar-refractivity contribution in [3.05, 3.63) is 23.3 Å². The van der Waals surface area contributed by atoms with Gasteiger partial charge in [-0.25, -0.2) is 4.99 Å². The van der Waals surface area contributed by atoms with Gasteiger partial charge in [0.25, 0.3) is 5.91 Å². The first-order chi connectivity index (χ1) is 15.5.